The molecule has 3 aromatic carbocycles. The van der Waals surface area contributed by atoms with Crippen molar-refractivity contribution >= 4 is 63.8 Å². The number of thioether (sulfide) groups is 1. The highest BCUT2D eigenvalue weighted by molar-refractivity contribution is 8.18. The van der Waals surface area contributed by atoms with Crippen molar-refractivity contribution < 1.29 is 14.3 Å². The molecule has 1 heterocycles. The molecule has 0 atom stereocenters. The highest BCUT2D eigenvalue weighted by Crippen LogP contribution is 2.35. The molecule has 0 bridgehead atoms. The van der Waals surface area contributed by atoms with Crippen LogP contribution in [0.2, 0.25) is 15.1 Å². The summed E-state index contributed by atoms with van der Waals surface area (Å²) in [4.78, 5) is 26.9. The second kappa shape index (κ2) is 10.0. The van der Waals surface area contributed by atoms with Crippen LogP contribution in [0.3, 0.4) is 0 Å². The fourth-order valence-electron chi connectivity index (χ4n) is 3.12. The van der Waals surface area contributed by atoms with Crippen LogP contribution in [0, 0.1) is 0 Å². The van der Waals surface area contributed by atoms with Crippen molar-refractivity contribution in [3.05, 3.63) is 103 Å². The van der Waals surface area contributed by atoms with E-state index in [0.29, 0.717) is 31.3 Å². The van der Waals surface area contributed by atoms with Gasteiger partial charge in [-0.05, 0) is 53.7 Å². The van der Waals surface area contributed by atoms with Crippen LogP contribution in [-0.4, -0.2) is 16.0 Å². The SMILES string of the molecule is O=C1S/C(=C\c2ccccc2OCc2ccc(Cl)cc2Cl)C(=O)N1Cc1cccc(Cl)c1. The number of carbonyl (C=O) groups is 2. The van der Waals surface area contributed by atoms with Gasteiger partial charge in [0, 0.05) is 26.2 Å². The van der Waals surface area contributed by atoms with Gasteiger partial charge in [0.1, 0.15) is 12.4 Å². The second-order valence-electron chi connectivity index (χ2n) is 6.96. The van der Waals surface area contributed by atoms with Crippen LogP contribution in [0.15, 0.2) is 71.6 Å². The number of nitrogens with zero attached hydrogens (tertiary/aromatic N) is 1. The summed E-state index contributed by atoms with van der Waals surface area (Å²) in [6.45, 7) is 0.396. The first kappa shape index (κ1) is 22.7. The Morgan fingerprint density at radius 2 is 1.69 bits per heavy atom. The zero-order valence-corrected chi connectivity index (χ0v) is 19.6. The molecule has 0 unspecified atom stereocenters. The summed E-state index contributed by atoms with van der Waals surface area (Å²) in [5.74, 6) is 0.218. The van der Waals surface area contributed by atoms with Crippen molar-refractivity contribution in [3.63, 3.8) is 0 Å². The van der Waals surface area contributed by atoms with Gasteiger partial charge in [-0.25, -0.2) is 0 Å². The smallest absolute Gasteiger partial charge is 0.293 e. The monoisotopic (exact) mass is 503 g/mol. The number of hydrogen-bond acceptors (Lipinski definition) is 4. The molecule has 32 heavy (non-hydrogen) atoms. The minimum atomic E-state index is -0.351. The second-order valence-corrected chi connectivity index (χ2v) is 9.23. The molecule has 3 aromatic rings. The molecule has 0 aliphatic carbocycles. The van der Waals surface area contributed by atoms with E-state index in [0.717, 1.165) is 22.9 Å². The van der Waals surface area contributed by atoms with Crippen LogP contribution in [0.5, 0.6) is 5.75 Å². The van der Waals surface area contributed by atoms with Gasteiger partial charge in [0.2, 0.25) is 0 Å². The standard InChI is InChI=1S/C24H16Cl3NO3S/c25-18-6-3-4-15(10-18)13-28-23(29)22(32-24(28)30)11-16-5-1-2-7-21(16)31-14-17-8-9-19(26)12-20(17)27/h1-12H,13-14H2/b22-11-. The van der Waals surface area contributed by atoms with Gasteiger partial charge in [0.15, 0.2) is 0 Å². The number of para-hydroxylation sites is 1. The summed E-state index contributed by atoms with van der Waals surface area (Å²) in [7, 11) is 0. The van der Waals surface area contributed by atoms with E-state index < -0.39 is 0 Å². The van der Waals surface area contributed by atoms with Crippen molar-refractivity contribution in [3.8, 4) is 5.75 Å². The summed E-state index contributed by atoms with van der Waals surface area (Å²) in [6.07, 6.45) is 1.67. The highest BCUT2D eigenvalue weighted by atomic mass is 35.5. The molecular formula is C24H16Cl3NO3S. The maximum Gasteiger partial charge on any atom is 0.293 e. The Kier molecular flexibility index (Phi) is 7.11. The van der Waals surface area contributed by atoms with E-state index in [9.17, 15) is 9.59 Å². The average molecular weight is 505 g/mol. The molecule has 1 aliphatic rings. The molecule has 4 nitrogen and oxygen atoms in total. The number of ether oxygens (including phenoxy) is 1. The van der Waals surface area contributed by atoms with Gasteiger partial charge in [-0.1, -0.05) is 71.2 Å². The number of carbonyl (C=O) groups excluding carboxylic acids is 2. The third-order valence-corrected chi connectivity index (χ3v) is 6.44. The first-order chi connectivity index (χ1) is 15.4. The average Bonchev–Trinajstić information content (AvgIpc) is 3.01. The quantitative estimate of drug-likeness (QED) is 0.327. The maximum atomic E-state index is 12.9. The molecule has 1 aliphatic heterocycles. The fourth-order valence-corrected chi connectivity index (χ4v) is 4.63. The van der Waals surface area contributed by atoms with E-state index in [1.54, 1.807) is 48.5 Å². The van der Waals surface area contributed by atoms with Crippen LogP contribution in [0.4, 0.5) is 4.79 Å². The zero-order chi connectivity index (χ0) is 22.7. The third-order valence-electron chi connectivity index (χ3n) is 4.71. The first-order valence-corrected chi connectivity index (χ1v) is 11.5. The lowest BCUT2D eigenvalue weighted by Crippen LogP contribution is -2.27. The number of hydrogen-bond donors (Lipinski definition) is 0. The maximum absolute atomic E-state index is 12.9. The molecule has 1 fully saturated rings. The molecule has 0 N–H and O–H groups in total. The molecule has 2 amide bonds. The number of rotatable bonds is 6. The Labute approximate surface area is 204 Å². The normalized spacial score (nSPS) is 15.0. The Morgan fingerprint density at radius 3 is 2.47 bits per heavy atom. The molecule has 1 saturated heterocycles. The van der Waals surface area contributed by atoms with Gasteiger partial charge in [-0.3, -0.25) is 14.5 Å². The number of imide groups is 1. The summed E-state index contributed by atoms with van der Waals surface area (Å²) in [6, 6.07) is 19.6. The van der Waals surface area contributed by atoms with Crippen LogP contribution >= 0.6 is 46.6 Å². The minimum Gasteiger partial charge on any atom is -0.488 e. The topological polar surface area (TPSA) is 46.6 Å². The van der Waals surface area contributed by atoms with Gasteiger partial charge in [0.05, 0.1) is 11.4 Å². The van der Waals surface area contributed by atoms with Crippen molar-refractivity contribution in [1.29, 1.82) is 0 Å². The largest absolute Gasteiger partial charge is 0.488 e. The molecular weight excluding hydrogens is 489 g/mol. The van der Waals surface area contributed by atoms with E-state index in [1.165, 1.54) is 4.90 Å². The fraction of sp³-hybridized carbons (Fsp3) is 0.0833. The highest BCUT2D eigenvalue weighted by Gasteiger charge is 2.35. The molecule has 0 radical (unpaired) electrons. The van der Waals surface area contributed by atoms with Gasteiger partial charge in [-0.2, -0.15) is 0 Å². The molecule has 8 heteroatoms. The van der Waals surface area contributed by atoms with Gasteiger partial charge in [-0.15, -0.1) is 0 Å². The number of benzene rings is 3. The molecule has 4 rings (SSSR count). The third kappa shape index (κ3) is 5.30. The van der Waals surface area contributed by atoms with Crippen LogP contribution in [0.25, 0.3) is 6.08 Å². The van der Waals surface area contributed by atoms with Crippen molar-refractivity contribution in [2.75, 3.05) is 0 Å². The predicted octanol–water partition coefficient (Wildman–Crippen LogP) is 7.46. The lowest BCUT2D eigenvalue weighted by Gasteiger charge is -2.13. The molecule has 0 saturated carbocycles. The number of amides is 2. The summed E-state index contributed by atoms with van der Waals surface area (Å²) in [5, 5.41) is 1.29. The lowest BCUT2D eigenvalue weighted by atomic mass is 10.1. The van der Waals surface area contributed by atoms with Crippen molar-refractivity contribution in [2.45, 2.75) is 13.2 Å². The van der Waals surface area contributed by atoms with Gasteiger partial charge in [0.25, 0.3) is 11.1 Å². The Balaban J connectivity index is 1.52. The van der Waals surface area contributed by atoms with E-state index >= 15 is 0 Å². The van der Waals surface area contributed by atoms with Crippen LogP contribution in [-0.2, 0) is 17.9 Å². The summed E-state index contributed by atoms with van der Waals surface area (Å²) in [5.41, 5.74) is 2.25. The molecule has 162 valence electrons. The molecule has 0 aromatic heterocycles. The van der Waals surface area contributed by atoms with Crippen molar-refractivity contribution in [2.24, 2.45) is 0 Å². The Bertz CT molecular complexity index is 1230. The summed E-state index contributed by atoms with van der Waals surface area (Å²) >= 11 is 19.1. The predicted molar refractivity (Wildman–Crippen MR) is 130 cm³/mol. The lowest BCUT2D eigenvalue weighted by molar-refractivity contribution is -0.123. The summed E-state index contributed by atoms with van der Waals surface area (Å²) < 4.78 is 5.95. The van der Waals surface area contributed by atoms with E-state index in [4.69, 9.17) is 39.5 Å². The minimum absolute atomic E-state index is 0.162. The first-order valence-electron chi connectivity index (χ1n) is 9.56. The number of halogens is 3. The van der Waals surface area contributed by atoms with Gasteiger partial charge >= 0.3 is 0 Å². The van der Waals surface area contributed by atoms with E-state index in [1.807, 2.05) is 24.3 Å². The Hall–Kier alpha value is -2.44. The van der Waals surface area contributed by atoms with E-state index in [-0.39, 0.29) is 24.3 Å². The zero-order valence-electron chi connectivity index (χ0n) is 16.6. The van der Waals surface area contributed by atoms with E-state index in [2.05, 4.69) is 0 Å². The van der Waals surface area contributed by atoms with Crippen molar-refractivity contribution in [1.82, 2.24) is 4.90 Å². The van der Waals surface area contributed by atoms with Gasteiger partial charge < -0.3 is 4.74 Å². The van der Waals surface area contributed by atoms with Crippen LogP contribution in [0.1, 0.15) is 16.7 Å². The Morgan fingerprint density at radius 1 is 0.906 bits per heavy atom. The van der Waals surface area contributed by atoms with Crippen LogP contribution < -0.4 is 4.74 Å². The molecule has 0 spiro atoms.